The first-order chi connectivity index (χ1) is 9.83. The van der Waals surface area contributed by atoms with Crippen molar-refractivity contribution in [2.45, 2.75) is 26.8 Å². The second kappa shape index (κ2) is 7.70. The molecule has 0 bridgehead atoms. The maximum atomic E-state index is 4.21. The van der Waals surface area contributed by atoms with Crippen molar-refractivity contribution in [2.24, 2.45) is 0 Å². The summed E-state index contributed by atoms with van der Waals surface area (Å²) in [5.74, 6) is 1.04. The number of imidazole rings is 1. The molecule has 2 aromatic rings. The third-order valence-electron chi connectivity index (χ3n) is 3.49. The van der Waals surface area contributed by atoms with Gasteiger partial charge in [0.25, 0.3) is 0 Å². The van der Waals surface area contributed by atoms with Gasteiger partial charge in [0.05, 0.1) is 0 Å². The van der Waals surface area contributed by atoms with E-state index >= 15 is 0 Å². The molecule has 0 aliphatic carbocycles. The highest BCUT2D eigenvalue weighted by Crippen LogP contribution is 2.14. The molecule has 0 atom stereocenters. The molecule has 0 saturated carbocycles. The zero-order chi connectivity index (χ0) is 14.2. The zero-order valence-corrected chi connectivity index (χ0v) is 12.4. The summed E-state index contributed by atoms with van der Waals surface area (Å²) in [4.78, 5) is 9.68. The molecule has 1 aromatic carbocycles. The first-order valence-electron chi connectivity index (χ1n) is 7.36. The first kappa shape index (κ1) is 14.6. The number of H-pyrrole nitrogens is 1. The molecule has 2 N–H and O–H groups in total. The Morgan fingerprint density at radius 1 is 1.15 bits per heavy atom. The maximum Gasteiger partial charge on any atom is 0.107 e. The quantitative estimate of drug-likeness (QED) is 0.726. The van der Waals surface area contributed by atoms with Crippen LogP contribution in [0, 0.1) is 0 Å². The van der Waals surface area contributed by atoms with E-state index in [0.717, 1.165) is 38.4 Å². The van der Waals surface area contributed by atoms with E-state index in [-0.39, 0.29) is 0 Å². The van der Waals surface area contributed by atoms with Crippen molar-refractivity contribution in [1.29, 1.82) is 0 Å². The molecule has 0 spiro atoms. The largest absolute Gasteiger partial charge is 0.372 e. The second-order valence-corrected chi connectivity index (χ2v) is 4.80. The molecule has 0 fully saturated rings. The maximum absolute atomic E-state index is 4.21. The van der Waals surface area contributed by atoms with E-state index in [1.54, 1.807) is 6.20 Å². The third-order valence-corrected chi connectivity index (χ3v) is 3.49. The van der Waals surface area contributed by atoms with Crippen molar-refractivity contribution in [3.8, 4) is 0 Å². The fraction of sp³-hybridized carbons (Fsp3) is 0.438. The molecule has 0 aliphatic heterocycles. The van der Waals surface area contributed by atoms with Gasteiger partial charge >= 0.3 is 0 Å². The molecular weight excluding hydrogens is 248 g/mol. The Hall–Kier alpha value is -1.81. The van der Waals surface area contributed by atoms with E-state index in [4.69, 9.17) is 0 Å². The second-order valence-electron chi connectivity index (χ2n) is 4.80. The van der Waals surface area contributed by atoms with Gasteiger partial charge in [-0.2, -0.15) is 0 Å². The molecule has 20 heavy (non-hydrogen) atoms. The number of aromatic amines is 1. The molecule has 0 saturated heterocycles. The molecule has 4 heteroatoms. The Morgan fingerprint density at radius 3 is 2.50 bits per heavy atom. The van der Waals surface area contributed by atoms with Gasteiger partial charge in [-0.3, -0.25) is 0 Å². The lowest BCUT2D eigenvalue weighted by atomic mass is 10.2. The Bertz CT molecular complexity index is 472. The SMILES string of the molecule is CCN(CC)c1ccc(CNCCc2ncc[nH]2)cc1. The van der Waals surface area contributed by atoms with Gasteiger partial charge < -0.3 is 15.2 Å². The number of benzene rings is 1. The van der Waals surface area contributed by atoms with Crippen LogP contribution in [0.4, 0.5) is 5.69 Å². The van der Waals surface area contributed by atoms with Crippen molar-refractivity contribution >= 4 is 5.69 Å². The van der Waals surface area contributed by atoms with Crippen LogP contribution in [0.25, 0.3) is 0 Å². The highest BCUT2D eigenvalue weighted by Gasteiger charge is 2.01. The minimum atomic E-state index is 0.902. The van der Waals surface area contributed by atoms with Crippen LogP contribution in [-0.2, 0) is 13.0 Å². The lowest BCUT2D eigenvalue weighted by Crippen LogP contribution is -2.21. The number of nitrogens with one attached hydrogen (secondary N) is 2. The van der Waals surface area contributed by atoms with E-state index in [0.29, 0.717) is 0 Å². The average molecular weight is 272 g/mol. The monoisotopic (exact) mass is 272 g/mol. The molecule has 0 amide bonds. The predicted molar refractivity (Wildman–Crippen MR) is 84.0 cm³/mol. The lowest BCUT2D eigenvalue weighted by Gasteiger charge is -2.21. The molecule has 0 unspecified atom stereocenters. The van der Waals surface area contributed by atoms with Crippen molar-refractivity contribution < 1.29 is 0 Å². The Labute approximate surface area is 121 Å². The molecule has 0 radical (unpaired) electrons. The van der Waals surface area contributed by atoms with Gasteiger partial charge in [0.2, 0.25) is 0 Å². The number of rotatable bonds is 8. The van der Waals surface area contributed by atoms with Gasteiger partial charge in [-0.05, 0) is 31.5 Å². The Morgan fingerprint density at radius 2 is 1.90 bits per heavy atom. The molecule has 4 nitrogen and oxygen atoms in total. The van der Waals surface area contributed by atoms with Crippen molar-refractivity contribution in [2.75, 3.05) is 24.5 Å². The van der Waals surface area contributed by atoms with Gasteiger partial charge in [-0.1, -0.05) is 12.1 Å². The van der Waals surface area contributed by atoms with Crippen molar-refractivity contribution in [1.82, 2.24) is 15.3 Å². The number of aromatic nitrogens is 2. The van der Waals surface area contributed by atoms with Crippen LogP contribution in [0.3, 0.4) is 0 Å². The van der Waals surface area contributed by atoms with Gasteiger partial charge in [0, 0.05) is 50.7 Å². The summed E-state index contributed by atoms with van der Waals surface area (Å²) in [5, 5.41) is 3.44. The van der Waals surface area contributed by atoms with E-state index in [2.05, 4.69) is 58.3 Å². The fourth-order valence-electron chi connectivity index (χ4n) is 2.29. The van der Waals surface area contributed by atoms with Crippen molar-refractivity contribution in [3.63, 3.8) is 0 Å². The molecule has 1 heterocycles. The summed E-state index contributed by atoms with van der Waals surface area (Å²) in [6.07, 6.45) is 4.59. The van der Waals surface area contributed by atoms with E-state index in [9.17, 15) is 0 Å². The minimum absolute atomic E-state index is 0.902. The predicted octanol–water partition coefficient (Wildman–Crippen LogP) is 2.59. The smallest absolute Gasteiger partial charge is 0.107 e. The van der Waals surface area contributed by atoms with Crippen LogP contribution >= 0.6 is 0 Å². The Balaban J connectivity index is 1.76. The average Bonchev–Trinajstić information content (AvgIpc) is 3.00. The van der Waals surface area contributed by atoms with Crippen LogP contribution in [0.1, 0.15) is 25.2 Å². The number of hydrogen-bond acceptors (Lipinski definition) is 3. The van der Waals surface area contributed by atoms with Gasteiger partial charge in [0.15, 0.2) is 0 Å². The highest BCUT2D eigenvalue weighted by atomic mass is 15.1. The van der Waals surface area contributed by atoms with Crippen LogP contribution in [0.5, 0.6) is 0 Å². The standard InChI is InChI=1S/C16H24N4/c1-3-20(4-2)15-7-5-14(6-8-15)13-17-10-9-16-18-11-12-19-16/h5-8,11-12,17H,3-4,9-10,13H2,1-2H3,(H,18,19). The zero-order valence-electron chi connectivity index (χ0n) is 12.4. The molecule has 1 aromatic heterocycles. The molecular formula is C16H24N4. The van der Waals surface area contributed by atoms with E-state index < -0.39 is 0 Å². The number of nitrogens with zero attached hydrogens (tertiary/aromatic N) is 2. The van der Waals surface area contributed by atoms with Gasteiger partial charge in [0.1, 0.15) is 5.82 Å². The van der Waals surface area contributed by atoms with Crippen molar-refractivity contribution in [3.05, 3.63) is 48.0 Å². The number of hydrogen-bond donors (Lipinski definition) is 2. The summed E-state index contributed by atoms with van der Waals surface area (Å²) in [6.45, 7) is 8.32. The summed E-state index contributed by atoms with van der Waals surface area (Å²) in [6, 6.07) is 8.81. The van der Waals surface area contributed by atoms with E-state index in [1.807, 2.05) is 6.20 Å². The molecule has 108 valence electrons. The first-order valence-corrected chi connectivity index (χ1v) is 7.36. The number of anilines is 1. The summed E-state index contributed by atoms with van der Waals surface area (Å²) >= 11 is 0. The topological polar surface area (TPSA) is 44.0 Å². The van der Waals surface area contributed by atoms with Crippen LogP contribution in [0.15, 0.2) is 36.7 Å². The summed E-state index contributed by atoms with van der Waals surface area (Å²) < 4.78 is 0. The minimum Gasteiger partial charge on any atom is -0.372 e. The molecule has 2 rings (SSSR count). The van der Waals surface area contributed by atoms with Gasteiger partial charge in [-0.15, -0.1) is 0 Å². The fourth-order valence-corrected chi connectivity index (χ4v) is 2.29. The Kier molecular flexibility index (Phi) is 5.62. The third kappa shape index (κ3) is 4.10. The summed E-state index contributed by atoms with van der Waals surface area (Å²) in [7, 11) is 0. The van der Waals surface area contributed by atoms with Crippen LogP contribution in [-0.4, -0.2) is 29.6 Å². The highest BCUT2D eigenvalue weighted by molar-refractivity contribution is 5.47. The lowest BCUT2D eigenvalue weighted by molar-refractivity contribution is 0.674. The summed E-state index contributed by atoms with van der Waals surface area (Å²) in [5.41, 5.74) is 2.62. The van der Waals surface area contributed by atoms with Gasteiger partial charge in [-0.25, -0.2) is 4.98 Å². The van der Waals surface area contributed by atoms with Crippen LogP contribution in [0.2, 0.25) is 0 Å². The van der Waals surface area contributed by atoms with Crippen LogP contribution < -0.4 is 10.2 Å². The molecule has 0 aliphatic rings. The van der Waals surface area contributed by atoms with E-state index in [1.165, 1.54) is 11.3 Å². The normalized spacial score (nSPS) is 10.7.